The number of amides is 3. The van der Waals surface area contributed by atoms with Crippen LogP contribution in [0.5, 0.6) is 0 Å². The second-order valence-electron chi connectivity index (χ2n) is 9.93. The number of carbonyl (C=O) groups excluding carboxylic acids is 4. The van der Waals surface area contributed by atoms with E-state index in [0.29, 0.717) is 25.7 Å². The summed E-state index contributed by atoms with van der Waals surface area (Å²) in [5.41, 5.74) is 9.55. The zero-order chi connectivity index (χ0) is 27.8. The van der Waals surface area contributed by atoms with Crippen molar-refractivity contribution < 1.29 is 28.7 Å². The minimum Gasteiger partial charge on any atom is -0.445 e. The molecule has 1 aromatic carbocycles. The first-order valence-electron chi connectivity index (χ1n) is 12.9. The van der Waals surface area contributed by atoms with Gasteiger partial charge in [-0.1, -0.05) is 77.8 Å². The van der Waals surface area contributed by atoms with Crippen LogP contribution in [-0.2, 0) is 25.7 Å². The molecule has 0 aliphatic carbocycles. The minimum atomic E-state index is -0.924. The molecule has 0 aliphatic heterocycles. The molecule has 0 saturated heterocycles. The number of carbonyl (C=O) groups is 4. The van der Waals surface area contributed by atoms with Crippen LogP contribution in [-0.4, -0.2) is 52.8 Å². The van der Waals surface area contributed by atoms with Crippen molar-refractivity contribution in [3.05, 3.63) is 41.4 Å². The van der Waals surface area contributed by atoms with Gasteiger partial charge in [-0.15, -0.1) is 0 Å². The lowest BCUT2D eigenvalue weighted by Crippen LogP contribution is -2.56. The Morgan fingerprint density at radius 2 is 1.43 bits per heavy atom. The predicted octanol–water partition coefficient (Wildman–Crippen LogP) is 3.40. The normalized spacial score (nSPS) is 13.2. The first kappa shape index (κ1) is 31.5. The van der Waals surface area contributed by atoms with E-state index in [1.807, 2.05) is 65.0 Å². The van der Waals surface area contributed by atoms with E-state index in [-0.39, 0.29) is 18.4 Å². The number of Topliss-reactive ketones (excluding diaryl/α,β-unsaturated/α-hetero) is 1. The third-order valence-electron chi connectivity index (χ3n) is 5.56. The third-order valence-corrected chi connectivity index (χ3v) is 5.56. The summed E-state index contributed by atoms with van der Waals surface area (Å²) in [6.45, 7) is 9.68. The SMILES string of the molecule is CCCC[C@H](NC(=O)[C@H](CC(C)C)NC(=O)[C@H](CC(C)C)NC(=O)OCc1ccccc1)C(=O)C=[N+]=[N-]. The number of nitrogens with one attached hydrogen (secondary N) is 3. The second-order valence-corrected chi connectivity index (χ2v) is 9.93. The van der Waals surface area contributed by atoms with E-state index in [4.69, 9.17) is 10.3 Å². The first-order chi connectivity index (χ1) is 17.6. The molecule has 0 bridgehead atoms. The third kappa shape index (κ3) is 12.8. The minimum absolute atomic E-state index is 0.0609. The molecule has 10 heteroatoms. The van der Waals surface area contributed by atoms with E-state index in [2.05, 4.69) is 20.7 Å². The molecule has 204 valence electrons. The summed E-state index contributed by atoms with van der Waals surface area (Å²) in [7, 11) is 0. The molecule has 3 N–H and O–H groups in total. The van der Waals surface area contributed by atoms with Crippen LogP contribution in [0.3, 0.4) is 0 Å². The fraction of sp³-hybridized carbons (Fsp3) is 0.593. The highest BCUT2D eigenvalue weighted by Crippen LogP contribution is 2.11. The standard InChI is InChI=1S/C27H41N5O5/c1-6-7-13-21(24(33)16-29-28)30-25(34)22(14-18(2)3)31-26(35)23(15-19(4)5)32-27(36)37-17-20-11-9-8-10-12-20/h8-12,16,18-19,21-23H,6-7,13-15,17H2,1-5H3,(H,30,34)(H,31,35)(H,32,36)/t21-,22-,23-/m0/s1. The van der Waals surface area contributed by atoms with Gasteiger partial charge in [-0.2, -0.15) is 4.79 Å². The smallest absolute Gasteiger partial charge is 0.408 e. The summed E-state index contributed by atoms with van der Waals surface area (Å²) in [5, 5.41) is 8.05. The molecular formula is C27H41N5O5. The van der Waals surface area contributed by atoms with Crippen LogP contribution in [0, 0.1) is 11.8 Å². The molecule has 10 nitrogen and oxygen atoms in total. The number of ether oxygens (including phenoxy) is 1. The second kappa shape index (κ2) is 17.0. The maximum absolute atomic E-state index is 13.2. The number of hydrogen-bond donors (Lipinski definition) is 3. The molecule has 0 fully saturated rings. The molecule has 0 heterocycles. The van der Waals surface area contributed by atoms with Crippen molar-refractivity contribution in [3.63, 3.8) is 0 Å². The Kier molecular flexibility index (Phi) is 14.5. The molecule has 0 saturated carbocycles. The molecule has 0 spiro atoms. The fourth-order valence-electron chi connectivity index (χ4n) is 3.70. The molecule has 0 aliphatic rings. The van der Waals surface area contributed by atoms with Crippen LogP contribution in [0.4, 0.5) is 4.79 Å². The van der Waals surface area contributed by atoms with Gasteiger partial charge in [0.25, 0.3) is 5.78 Å². The molecule has 1 aromatic rings. The van der Waals surface area contributed by atoms with Gasteiger partial charge in [0.1, 0.15) is 18.7 Å². The van der Waals surface area contributed by atoms with E-state index < -0.39 is 41.8 Å². The van der Waals surface area contributed by atoms with Gasteiger partial charge in [-0.3, -0.25) is 14.4 Å². The topological polar surface area (TPSA) is 150 Å². The maximum Gasteiger partial charge on any atom is 0.408 e. The summed E-state index contributed by atoms with van der Waals surface area (Å²) in [6, 6.07) is 6.48. The van der Waals surface area contributed by atoms with Crippen LogP contribution in [0.25, 0.3) is 5.53 Å². The lowest BCUT2D eigenvalue weighted by atomic mass is 9.99. The predicted molar refractivity (Wildman–Crippen MR) is 141 cm³/mol. The van der Waals surface area contributed by atoms with Gasteiger partial charge >= 0.3 is 12.3 Å². The van der Waals surface area contributed by atoms with E-state index in [0.717, 1.165) is 18.2 Å². The summed E-state index contributed by atoms with van der Waals surface area (Å²) < 4.78 is 5.27. The van der Waals surface area contributed by atoms with Crippen LogP contribution < -0.4 is 16.0 Å². The Hall–Kier alpha value is -3.52. The molecule has 37 heavy (non-hydrogen) atoms. The van der Waals surface area contributed by atoms with E-state index in [1.165, 1.54) is 0 Å². The van der Waals surface area contributed by atoms with Gasteiger partial charge in [0, 0.05) is 0 Å². The zero-order valence-electron chi connectivity index (χ0n) is 22.5. The van der Waals surface area contributed by atoms with Crippen molar-refractivity contribution in [2.75, 3.05) is 0 Å². The average molecular weight is 516 g/mol. The van der Waals surface area contributed by atoms with Crippen LogP contribution >= 0.6 is 0 Å². The number of hydrogen-bond acceptors (Lipinski definition) is 5. The molecule has 3 atom stereocenters. The van der Waals surface area contributed by atoms with Crippen LogP contribution in [0.1, 0.15) is 72.3 Å². The van der Waals surface area contributed by atoms with Crippen molar-refractivity contribution in [1.82, 2.24) is 16.0 Å². The number of nitrogens with zero attached hydrogens (tertiary/aromatic N) is 2. The van der Waals surface area contributed by atoms with Gasteiger partial charge in [-0.05, 0) is 36.7 Å². The van der Waals surface area contributed by atoms with Crippen molar-refractivity contribution in [3.8, 4) is 0 Å². The lowest BCUT2D eigenvalue weighted by molar-refractivity contribution is -0.132. The quantitative estimate of drug-likeness (QED) is 0.175. The highest BCUT2D eigenvalue weighted by atomic mass is 16.5. The van der Waals surface area contributed by atoms with Gasteiger partial charge < -0.3 is 26.2 Å². The van der Waals surface area contributed by atoms with Gasteiger partial charge in [0.2, 0.25) is 11.8 Å². The van der Waals surface area contributed by atoms with Gasteiger partial charge in [0.05, 0.1) is 6.04 Å². The summed E-state index contributed by atoms with van der Waals surface area (Å²) in [4.78, 5) is 53.8. The molecule has 0 aromatic heterocycles. The lowest BCUT2D eigenvalue weighted by Gasteiger charge is -2.26. The van der Waals surface area contributed by atoms with E-state index in [1.54, 1.807) is 0 Å². The van der Waals surface area contributed by atoms with Gasteiger partial charge in [-0.25, -0.2) is 4.79 Å². The van der Waals surface area contributed by atoms with Crippen molar-refractivity contribution in [2.45, 2.75) is 91.5 Å². The van der Waals surface area contributed by atoms with Crippen LogP contribution in [0.2, 0.25) is 0 Å². The maximum atomic E-state index is 13.2. The molecular weight excluding hydrogens is 474 g/mol. The van der Waals surface area contributed by atoms with E-state index >= 15 is 0 Å². The number of benzene rings is 1. The van der Waals surface area contributed by atoms with Crippen molar-refractivity contribution >= 4 is 29.9 Å². The Morgan fingerprint density at radius 1 is 0.892 bits per heavy atom. The van der Waals surface area contributed by atoms with Crippen molar-refractivity contribution in [1.29, 1.82) is 0 Å². The highest BCUT2D eigenvalue weighted by molar-refractivity contribution is 6.28. The molecule has 0 radical (unpaired) electrons. The largest absolute Gasteiger partial charge is 0.445 e. The molecule has 1 rings (SSSR count). The first-order valence-corrected chi connectivity index (χ1v) is 12.9. The van der Waals surface area contributed by atoms with Crippen LogP contribution in [0.15, 0.2) is 30.3 Å². The highest BCUT2D eigenvalue weighted by Gasteiger charge is 2.31. The number of alkyl carbamates (subject to hydrolysis) is 1. The van der Waals surface area contributed by atoms with E-state index in [9.17, 15) is 19.2 Å². The summed E-state index contributed by atoms with van der Waals surface area (Å²) in [5.74, 6) is -1.42. The molecule has 0 unspecified atom stereocenters. The fourth-order valence-corrected chi connectivity index (χ4v) is 3.70. The molecule has 3 amide bonds. The van der Waals surface area contributed by atoms with Crippen molar-refractivity contribution in [2.24, 2.45) is 11.8 Å². The zero-order valence-corrected chi connectivity index (χ0v) is 22.5. The number of ketones is 1. The average Bonchev–Trinajstić information content (AvgIpc) is 2.84. The monoisotopic (exact) mass is 515 g/mol. The Balaban J connectivity index is 2.94. The summed E-state index contributed by atoms with van der Waals surface area (Å²) in [6.07, 6.45) is 2.57. The number of rotatable bonds is 16. The van der Waals surface area contributed by atoms with Gasteiger partial charge in [0.15, 0.2) is 0 Å². The Labute approximate surface area is 219 Å². The Morgan fingerprint density at radius 3 is 1.95 bits per heavy atom. The number of unbranched alkanes of at least 4 members (excludes halogenated alkanes) is 1. The Bertz CT molecular complexity index is 928. The summed E-state index contributed by atoms with van der Waals surface area (Å²) >= 11 is 0.